The van der Waals surface area contributed by atoms with Crippen molar-refractivity contribution in [2.75, 3.05) is 7.05 Å². The number of benzene rings is 2. The summed E-state index contributed by atoms with van der Waals surface area (Å²) in [6.07, 6.45) is 1.83. The van der Waals surface area contributed by atoms with Gasteiger partial charge in [0.1, 0.15) is 5.82 Å². The largest absolute Gasteiger partial charge is 0.329 e. The molecule has 108 valence electrons. The molecular formula is C17H18FN3. The zero-order chi connectivity index (χ0) is 14.8. The van der Waals surface area contributed by atoms with E-state index in [1.54, 1.807) is 13.0 Å². The Bertz CT molecular complexity index is 764. The highest BCUT2D eigenvalue weighted by Crippen LogP contribution is 2.20. The van der Waals surface area contributed by atoms with Gasteiger partial charge in [-0.3, -0.25) is 0 Å². The lowest BCUT2D eigenvalue weighted by atomic mass is 10.0. The first kappa shape index (κ1) is 13.8. The molecule has 1 atom stereocenters. The first-order valence-electron chi connectivity index (χ1n) is 7.02. The average molecular weight is 283 g/mol. The van der Waals surface area contributed by atoms with Gasteiger partial charge in [0, 0.05) is 6.54 Å². The Morgan fingerprint density at radius 1 is 1.24 bits per heavy atom. The van der Waals surface area contributed by atoms with E-state index >= 15 is 0 Å². The quantitative estimate of drug-likeness (QED) is 0.795. The Balaban J connectivity index is 1.92. The Kier molecular flexibility index (Phi) is 3.71. The second-order valence-electron chi connectivity index (χ2n) is 5.24. The number of rotatable bonds is 4. The van der Waals surface area contributed by atoms with Crippen LogP contribution in [0.2, 0.25) is 0 Å². The molecule has 0 aliphatic rings. The highest BCUT2D eigenvalue weighted by molar-refractivity contribution is 5.74. The third-order valence-corrected chi connectivity index (χ3v) is 3.85. The molecule has 1 aromatic heterocycles. The molecule has 3 aromatic rings. The number of hydrogen-bond acceptors (Lipinski definition) is 2. The summed E-state index contributed by atoms with van der Waals surface area (Å²) in [4.78, 5) is 4.39. The van der Waals surface area contributed by atoms with Crippen LogP contribution in [-0.4, -0.2) is 16.6 Å². The molecule has 4 heteroatoms. The van der Waals surface area contributed by atoms with E-state index in [1.807, 2.05) is 49.8 Å². The molecule has 1 N–H and O–H groups in total. The van der Waals surface area contributed by atoms with Crippen LogP contribution in [-0.2, 0) is 6.54 Å². The number of aromatic nitrogens is 2. The maximum atomic E-state index is 13.8. The van der Waals surface area contributed by atoms with Crippen LogP contribution in [0.15, 0.2) is 48.8 Å². The van der Waals surface area contributed by atoms with Crippen molar-refractivity contribution in [3.05, 3.63) is 65.7 Å². The fourth-order valence-electron chi connectivity index (χ4n) is 2.54. The van der Waals surface area contributed by atoms with E-state index in [4.69, 9.17) is 0 Å². The molecule has 3 rings (SSSR count). The van der Waals surface area contributed by atoms with E-state index in [2.05, 4.69) is 14.9 Å². The fraction of sp³-hybridized carbons (Fsp3) is 0.235. The smallest absolute Gasteiger partial charge is 0.126 e. The normalized spacial score (nSPS) is 12.7. The van der Waals surface area contributed by atoms with Crippen molar-refractivity contribution in [1.29, 1.82) is 0 Å². The van der Waals surface area contributed by atoms with Gasteiger partial charge in [-0.1, -0.05) is 24.3 Å². The van der Waals surface area contributed by atoms with Crippen LogP contribution in [0.1, 0.15) is 17.2 Å². The van der Waals surface area contributed by atoms with Gasteiger partial charge < -0.3 is 9.88 Å². The van der Waals surface area contributed by atoms with Crippen molar-refractivity contribution < 1.29 is 4.39 Å². The molecule has 21 heavy (non-hydrogen) atoms. The number of fused-ring (bicyclic) bond motifs is 1. The zero-order valence-electron chi connectivity index (χ0n) is 12.2. The van der Waals surface area contributed by atoms with E-state index in [0.717, 1.165) is 16.6 Å². The Morgan fingerprint density at radius 3 is 2.81 bits per heavy atom. The lowest BCUT2D eigenvalue weighted by Crippen LogP contribution is -2.21. The highest BCUT2D eigenvalue weighted by atomic mass is 19.1. The SMILES string of the molecule is CNC(Cn1cnc2ccccc21)c1ccc(C)c(F)c1. The highest BCUT2D eigenvalue weighted by Gasteiger charge is 2.13. The summed E-state index contributed by atoms with van der Waals surface area (Å²) >= 11 is 0. The van der Waals surface area contributed by atoms with Crippen LogP contribution < -0.4 is 5.32 Å². The lowest BCUT2D eigenvalue weighted by molar-refractivity contribution is 0.503. The molecule has 0 bridgehead atoms. The molecular weight excluding hydrogens is 265 g/mol. The Hall–Kier alpha value is -2.20. The third kappa shape index (κ3) is 2.67. The average Bonchev–Trinajstić information content (AvgIpc) is 2.91. The predicted octanol–water partition coefficient (Wildman–Crippen LogP) is 3.44. The summed E-state index contributed by atoms with van der Waals surface area (Å²) < 4.78 is 15.9. The fourth-order valence-corrected chi connectivity index (χ4v) is 2.54. The molecule has 3 nitrogen and oxygen atoms in total. The minimum Gasteiger partial charge on any atom is -0.329 e. The van der Waals surface area contributed by atoms with E-state index < -0.39 is 0 Å². The van der Waals surface area contributed by atoms with Crippen molar-refractivity contribution in [1.82, 2.24) is 14.9 Å². The monoisotopic (exact) mass is 283 g/mol. The predicted molar refractivity (Wildman–Crippen MR) is 82.7 cm³/mol. The number of para-hydroxylation sites is 2. The summed E-state index contributed by atoms with van der Waals surface area (Å²) in [6.45, 7) is 2.48. The van der Waals surface area contributed by atoms with Gasteiger partial charge in [0.05, 0.1) is 23.4 Å². The molecule has 2 aromatic carbocycles. The molecule has 1 heterocycles. The topological polar surface area (TPSA) is 29.9 Å². The van der Waals surface area contributed by atoms with Gasteiger partial charge in [-0.15, -0.1) is 0 Å². The number of nitrogens with one attached hydrogen (secondary N) is 1. The second kappa shape index (κ2) is 5.66. The van der Waals surface area contributed by atoms with Crippen molar-refractivity contribution in [2.24, 2.45) is 0 Å². The number of likely N-dealkylation sites (N-methyl/N-ethyl adjacent to an activating group) is 1. The third-order valence-electron chi connectivity index (χ3n) is 3.85. The second-order valence-corrected chi connectivity index (χ2v) is 5.24. The molecule has 0 radical (unpaired) electrons. The molecule has 0 saturated heterocycles. The molecule has 0 spiro atoms. The van der Waals surface area contributed by atoms with Gasteiger partial charge in [-0.25, -0.2) is 9.37 Å². The van der Waals surface area contributed by atoms with E-state index in [9.17, 15) is 4.39 Å². The Labute approximate surface area is 123 Å². The van der Waals surface area contributed by atoms with Gasteiger partial charge >= 0.3 is 0 Å². The first-order chi connectivity index (χ1) is 10.2. The van der Waals surface area contributed by atoms with E-state index in [-0.39, 0.29) is 11.9 Å². The number of aryl methyl sites for hydroxylation is 1. The van der Waals surface area contributed by atoms with Gasteiger partial charge in [0.2, 0.25) is 0 Å². The number of nitrogens with zero attached hydrogens (tertiary/aromatic N) is 2. The van der Waals surface area contributed by atoms with E-state index in [1.165, 1.54) is 0 Å². The molecule has 0 aliphatic heterocycles. The van der Waals surface area contributed by atoms with Gasteiger partial charge in [0.25, 0.3) is 0 Å². The Morgan fingerprint density at radius 2 is 2.05 bits per heavy atom. The van der Waals surface area contributed by atoms with Crippen LogP contribution >= 0.6 is 0 Å². The van der Waals surface area contributed by atoms with Crippen LogP contribution in [0.4, 0.5) is 4.39 Å². The molecule has 0 aliphatic carbocycles. The van der Waals surface area contributed by atoms with Crippen molar-refractivity contribution in [3.63, 3.8) is 0 Å². The molecule has 0 fully saturated rings. The number of hydrogen-bond donors (Lipinski definition) is 1. The standard InChI is InChI=1S/C17H18FN3/c1-12-7-8-13(9-14(12)18)16(19-2)10-21-11-20-15-5-3-4-6-17(15)21/h3-9,11,16,19H,10H2,1-2H3. The molecule has 0 saturated carbocycles. The maximum absolute atomic E-state index is 13.8. The molecule has 0 amide bonds. The van der Waals surface area contributed by atoms with Crippen LogP contribution in [0.3, 0.4) is 0 Å². The summed E-state index contributed by atoms with van der Waals surface area (Å²) in [5, 5.41) is 3.25. The first-order valence-corrected chi connectivity index (χ1v) is 7.02. The van der Waals surface area contributed by atoms with Crippen molar-refractivity contribution >= 4 is 11.0 Å². The van der Waals surface area contributed by atoms with E-state index in [0.29, 0.717) is 12.1 Å². The number of halogens is 1. The summed E-state index contributed by atoms with van der Waals surface area (Å²) in [7, 11) is 1.89. The van der Waals surface area contributed by atoms with Gasteiger partial charge in [-0.2, -0.15) is 0 Å². The van der Waals surface area contributed by atoms with Crippen LogP contribution in [0.5, 0.6) is 0 Å². The van der Waals surface area contributed by atoms with Crippen molar-refractivity contribution in [3.8, 4) is 0 Å². The molecule has 1 unspecified atom stereocenters. The van der Waals surface area contributed by atoms with Crippen LogP contribution in [0.25, 0.3) is 11.0 Å². The summed E-state index contributed by atoms with van der Waals surface area (Å²) in [5.41, 5.74) is 3.67. The zero-order valence-corrected chi connectivity index (χ0v) is 12.2. The van der Waals surface area contributed by atoms with Gasteiger partial charge in [-0.05, 0) is 43.3 Å². The minimum atomic E-state index is -0.164. The maximum Gasteiger partial charge on any atom is 0.126 e. The van der Waals surface area contributed by atoms with Gasteiger partial charge in [0.15, 0.2) is 0 Å². The number of imidazole rings is 1. The minimum absolute atomic E-state index is 0.0395. The summed E-state index contributed by atoms with van der Waals surface area (Å²) in [6, 6.07) is 13.5. The summed E-state index contributed by atoms with van der Waals surface area (Å²) in [5.74, 6) is -0.164. The van der Waals surface area contributed by atoms with Crippen molar-refractivity contribution in [2.45, 2.75) is 19.5 Å². The van der Waals surface area contributed by atoms with Crippen LogP contribution in [0, 0.1) is 12.7 Å². The lowest BCUT2D eigenvalue weighted by Gasteiger charge is -2.18.